The van der Waals surface area contributed by atoms with E-state index in [9.17, 15) is 9.59 Å². The Kier molecular flexibility index (Phi) is 4.43. The normalized spacial score (nSPS) is 13.8. The number of nitrogens with zero attached hydrogens (tertiary/aromatic N) is 1. The van der Waals surface area contributed by atoms with Gasteiger partial charge in [0.05, 0.1) is 11.1 Å². The largest absolute Gasteiger partial charge is 0.325 e. The van der Waals surface area contributed by atoms with Crippen LogP contribution in [-0.4, -0.2) is 15.9 Å². The third-order valence-electron chi connectivity index (χ3n) is 4.48. The standard InChI is InChI=1S/C18H19N3O2S2/c1-10-8-11(9-24-10)19-15(22)7-6-14-20-17(23)16-12-4-2-3-5-13(12)25-18(16)21-14/h8-9H,2-7H2,1H3,(H,19,22)(H,20,21,23). The predicted octanol–water partition coefficient (Wildman–Crippen LogP) is 3.80. The third kappa shape index (κ3) is 3.39. The molecule has 0 bridgehead atoms. The van der Waals surface area contributed by atoms with Crippen LogP contribution in [0, 0.1) is 6.92 Å². The van der Waals surface area contributed by atoms with Gasteiger partial charge in [-0.05, 0) is 44.2 Å². The number of aromatic nitrogens is 2. The molecule has 1 aliphatic carbocycles. The number of amides is 1. The molecule has 0 saturated heterocycles. The zero-order valence-electron chi connectivity index (χ0n) is 14.0. The fourth-order valence-corrected chi connectivity index (χ4v) is 5.21. The molecule has 0 aliphatic heterocycles. The van der Waals surface area contributed by atoms with Gasteiger partial charge in [-0.15, -0.1) is 22.7 Å². The van der Waals surface area contributed by atoms with E-state index in [4.69, 9.17) is 0 Å². The lowest BCUT2D eigenvalue weighted by atomic mass is 9.97. The number of thiophene rings is 2. The smallest absolute Gasteiger partial charge is 0.259 e. The van der Waals surface area contributed by atoms with Crippen molar-refractivity contribution in [3.8, 4) is 0 Å². The molecule has 0 unspecified atom stereocenters. The van der Waals surface area contributed by atoms with Crippen LogP contribution in [0.5, 0.6) is 0 Å². The van der Waals surface area contributed by atoms with Gasteiger partial charge in [-0.3, -0.25) is 9.59 Å². The first-order valence-electron chi connectivity index (χ1n) is 8.48. The average Bonchev–Trinajstić information content (AvgIpc) is 3.16. The number of carbonyl (C=O) groups excluding carboxylic acids is 1. The maximum absolute atomic E-state index is 12.5. The first-order valence-corrected chi connectivity index (χ1v) is 10.2. The summed E-state index contributed by atoms with van der Waals surface area (Å²) in [6, 6.07) is 1.95. The lowest BCUT2D eigenvalue weighted by Gasteiger charge is -2.09. The summed E-state index contributed by atoms with van der Waals surface area (Å²) in [6.07, 6.45) is 5.09. The Morgan fingerprint density at radius 1 is 1.36 bits per heavy atom. The van der Waals surface area contributed by atoms with Gasteiger partial charge >= 0.3 is 0 Å². The van der Waals surface area contributed by atoms with Crippen molar-refractivity contribution in [1.82, 2.24) is 9.97 Å². The van der Waals surface area contributed by atoms with Gasteiger partial charge < -0.3 is 10.3 Å². The van der Waals surface area contributed by atoms with Crippen molar-refractivity contribution in [2.75, 3.05) is 5.32 Å². The Morgan fingerprint density at radius 3 is 3.00 bits per heavy atom. The number of anilines is 1. The van der Waals surface area contributed by atoms with E-state index in [-0.39, 0.29) is 11.5 Å². The summed E-state index contributed by atoms with van der Waals surface area (Å²) in [5.74, 6) is 0.527. The highest BCUT2D eigenvalue weighted by Gasteiger charge is 2.19. The molecule has 0 aromatic carbocycles. The molecular formula is C18H19N3O2S2. The molecule has 0 radical (unpaired) electrons. The first kappa shape index (κ1) is 16.5. The number of aromatic amines is 1. The van der Waals surface area contributed by atoms with E-state index in [2.05, 4.69) is 15.3 Å². The van der Waals surface area contributed by atoms with Crippen molar-refractivity contribution in [2.45, 2.75) is 45.4 Å². The van der Waals surface area contributed by atoms with E-state index in [1.165, 1.54) is 16.9 Å². The molecule has 0 saturated carbocycles. The first-order chi connectivity index (χ1) is 12.1. The molecule has 3 aromatic heterocycles. The van der Waals surface area contributed by atoms with E-state index in [1.807, 2.05) is 18.4 Å². The molecule has 25 heavy (non-hydrogen) atoms. The summed E-state index contributed by atoms with van der Waals surface area (Å²) < 4.78 is 0. The van der Waals surface area contributed by atoms with Crippen molar-refractivity contribution >= 4 is 44.5 Å². The number of aryl methyl sites for hydroxylation is 4. The van der Waals surface area contributed by atoms with Gasteiger partial charge in [0.25, 0.3) is 5.56 Å². The van der Waals surface area contributed by atoms with Gasteiger partial charge in [0, 0.05) is 28.0 Å². The molecule has 7 heteroatoms. The lowest BCUT2D eigenvalue weighted by Crippen LogP contribution is -2.16. The summed E-state index contributed by atoms with van der Waals surface area (Å²) in [5.41, 5.74) is 1.96. The highest BCUT2D eigenvalue weighted by Crippen LogP contribution is 2.33. The fraction of sp³-hybridized carbons (Fsp3) is 0.389. The third-order valence-corrected chi connectivity index (χ3v) is 6.52. The quantitative estimate of drug-likeness (QED) is 0.730. The predicted molar refractivity (Wildman–Crippen MR) is 103 cm³/mol. The Hall–Kier alpha value is -1.99. The maximum atomic E-state index is 12.5. The molecule has 3 aromatic rings. The zero-order chi connectivity index (χ0) is 17.4. The van der Waals surface area contributed by atoms with Crippen LogP contribution in [0.1, 0.15) is 40.4 Å². The summed E-state index contributed by atoms with van der Waals surface area (Å²) in [7, 11) is 0. The van der Waals surface area contributed by atoms with Crippen LogP contribution < -0.4 is 10.9 Å². The monoisotopic (exact) mass is 373 g/mol. The second kappa shape index (κ2) is 6.72. The number of hydrogen-bond acceptors (Lipinski definition) is 5. The molecule has 5 nitrogen and oxygen atoms in total. The van der Waals surface area contributed by atoms with E-state index in [1.54, 1.807) is 22.7 Å². The fourth-order valence-electron chi connectivity index (χ4n) is 3.29. The second-order valence-electron chi connectivity index (χ2n) is 6.40. The topological polar surface area (TPSA) is 74.8 Å². The van der Waals surface area contributed by atoms with Gasteiger partial charge in [0.15, 0.2) is 0 Å². The van der Waals surface area contributed by atoms with Gasteiger partial charge in [-0.2, -0.15) is 0 Å². The summed E-state index contributed by atoms with van der Waals surface area (Å²) in [5, 5.41) is 5.57. The highest BCUT2D eigenvalue weighted by molar-refractivity contribution is 7.18. The molecule has 3 heterocycles. The summed E-state index contributed by atoms with van der Waals surface area (Å²) in [4.78, 5) is 35.3. The molecule has 1 aliphatic rings. The van der Waals surface area contributed by atoms with Crippen LogP contribution in [0.2, 0.25) is 0 Å². The molecule has 0 fully saturated rings. The SMILES string of the molecule is Cc1cc(NC(=O)CCc2nc3sc4c(c3c(=O)[nH]2)CCCC4)cs1. The Labute approximate surface area is 153 Å². The number of hydrogen-bond donors (Lipinski definition) is 2. The summed E-state index contributed by atoms with van der Waals surface area (Å²) in [6.45, 7) is 2.00. The minimum absolute atomic E-state index is 0.0618. The van der Waals surface area contributed by atoms with Gasteiger partial charge in [0.1, 0.15) is 10.7 Å². The number of fused-ring (bicyclic) bond motifs is 3. The van der Waals surface area contributed by atoms with Crippen LogP contribution >= 0.6 is 22.7 Å². The van der Waals surface area contributed by atoms with E-state index < -0.39 is 0 Å². The van der Waals surface area contributed by atoms with Crippen molar-refractivity contribution in [3.63, 3.8) is 0 Å². The van der Waals surface area contributed by atoms with Crippen molar-refractivity contribution in [1.29, 1.82) is 0 Å². The van der Waals surface area contributed by atoms with Gasteiger partial charge in [-0.1, -0.05) is 0 Å². The Balaban J connectivity index is 1.50. The molecule has 1 amide bonds. The van der Waals surface area contributed by atoms with E-state index >= 15 is 0 Å². The number of H-pyrrole nitrogens is 1. The zero-order valence-corrected chi connectivity index (χ0v) is 15.6. The van der Waals surface area contributed by atoms with Crippen LogP contribution in [0.3, 0.4) is 0 Å². The van der Waals surface area contributed by atoms with Gasteiger partial charge in [-0.25, -0.2) is 4.98 Å². The number of nitrogens with one attached hydrogen (secondary N) is 2. The number of carbonyl (C=O) groups is 1. The van der Waals surface area contributed by atoms with Gasteiger partial charge in [0.2, 0.25) is 5.91 Å². The second-order valence-corrected chi connectivity index (χ2v) is 8.60. The lowest BCUT2D eigenvalue weighted by molar-refractivity contribution is -0.116. The minimum Gasteiger partial charge on any atom is -0.325 e. The van der Waals surface area contributed by atoms with Crippen molar-refractivity contribution in [2.24, 2.45) is 0 Å². The molecule has 2 N–H and O–H groups in total. The Bertz CT molecular complexity index is 1000. The minimum atomic E-state index is -0.0639. The van der Waals surface area contributed by atoms with Crippen LogP contribution in [0.4, 0.5) is 5.69 Å². The Morgan fingerprint density at radius 2 is 2.20 bits per heavy atom. The maximum Gasteiger partial charge on any atom is 0.259 e. The molecule has 0 atom stereocenters. The highest BCUT2D eigenvalue weighted by atomic mass is 32.1. The molecule has 0 spiro atoms. The van der Waals surface area contributed by atoms with Crippen LogP contribution in [0.25, 0.3) is 10.2 Å². The van der Waals surface area contributed by atoms with E-state index in [0.717, 1.165) is 40.0 Å². The van der Waals surface area contributed by atoms with Crippen LogP contribution in [-0.2, 0) is 24.1 Å². The average molecular weight is 374 g/mol. The molecule has 4 rings (SSSR count). The molecule has 130 valence electrons. The van der Waals surface area contributed by atoms with Crippen molar-refractivity contribution < 1.29 is 4.79 Å². The molecular weight excluding hydrogens is 354 g/mol. The van der Waals surface area contributed by atoms with Crippen molar-refractivity contribution in [3.05, 3.63) is 42.9 Å². The number of rotatable bonds is 4. The summed E-state index contributed by atoms with van der Waals surface area (Å²) >= 11 is 3.24. The van der Waals surface area contributed by atoms with E-state index in [0.29, 0.717) is 18.7 Å². The van der Waals surface area contributed by atoms with Crippen LogP contribution in [0.15, 0.2) is 16.2 Å².